The Morgan fingerprint density at radius 2 is 2.00 bits per heavy atom. The minimum Gasteiger partial charge on any atom is -0.491 e. The molecule has 8 nitrogen and oxygen atoms in total. The second kappa shape index (κ2) is 6.66. The van der Waals surface area contributed by atoms with Gasteiger partial charge in [0.2, 0.25) is 6.41 Å². The van der Waals surface area contributed by atoms with Gasteiger partial charge in [-0.1, -0.05) is 18.2 Å². The summed E-state index contributed by atoms with van der Waals surface area (Å²) in [7, 11) is 0. The lowest BCUT2D eigenvalue weighted by Crippen LogP contribution is -2.48. The Balaban J connectivity index is 2.06. The van der Waals surface area contributed by atoms with Crippen molar-refractivity contribution in [3.05, 3.63) is 30.3 Å². The molecule has 23 heavy (non-hydrogen) atoms. The van der Waals surface area contributed by atoms with E-state index >= 15 is 0 Å². The van der Waals surface area contributed by atoms with Crippen LogP contribution in [0.2, 0.25) is 0 Å². The van der Waals surface area contributed by atoms with Crippen LogP contribution in [0.3, 0.4) is 0 Å². The fraction of sp³-hybridized carbons (Fsp3) is 0.400. The Labute approximate surface area is 133 Å². The number of hydrogen-bond donors (Lipinski definition) is 2. The molecule has 1 aliphatic heterocycles. The number of carbonyl (C=O) groups excluding carboxylic acids is 3. The van der Waals surface area contributed by atoms with Gasteiger partial charge in [-0.3, -0.25) is 19.7 Å². The molecule has 124 valence electrons. The molecular formula is C15H19N3O5. The van der Waals surface area contributed by atoms with E-state index in [1.54, 1.807) is 38.1 Å². The third kappa shape index (κ3) is 3.78. The van der Waals surface area contributed by atoms with E-state index in [2.05, 4.69) is 5.32 Å². The second-order valence-corrected chi connectivity index (χ2v) is 5.73. The van der Waals surface area contributed by atoms with E-state index in [4.69, 9.17) is 4.74 Å². The van der Waals surface area contributed by atoms with Gasteiger partial charge in [0.25, 0.3) is 5.91 Å². The highest BCUT2D eigenvalue weighted by Gasteiger charge is 2.45. The van der Waals surface area contributed by atoms with Gasteiger partial charge in [-0.15, -0.1) is 0 Å². The molecule has 4 amide bonds. The van der Waals surface area contributed by atoms with Crippen LogP contribution in [0.5, 0.6) is 5.75 Å². The third-order valence-corrected chi connectivity index (χ3v) is 3.51. The number of imide groups is 1. The number of urea groups is 1. The van der Waals surface area contributed by atoms with Gasteiger partial charge in [0.15, 0.2) is 0 Å². The molecule has 2 rings (SSSR count). The Kier molecular flexibility index (Phi) is 4.85. The Morgan fingerprint density at radius 1 is 1.35 bits per heavy atom. The van der Waals surface area contributed by atoms with Crippen molar-refractivity contribution >= 4 is 18.3 Å². The number of nitrogens with zero attached hydrogens (tertiary/aromatic N) is 2. The molecule has 0 unspecified atom stereocenters. The van der Waals surface area contributed by atoms with Gasteiger partial charge in [0.1, 0.15) is 23.9 Å². The number of ether oxygens (including phenoxy) is 1. The molecule has 2 N–H and O–H groups in total. The van der Waals surface area contributed by atoms with Gasteiger partial charge in [0, 0.05) is 0 Å². The topological polar surface area (TPSA) is 99.2 Å². The molecule has 8 heteroatoms. The number of hydrogen-bond acceptors (Lipinski definition) is 5. The Bertz CT molecular complexity index is 590. The molecule has 1 aromatic carbocycles. The van der Waals surface area contributed by atoms with E-state index in [1.807, 2.05) is 6.07 Å². The lowest BCUT2D eigenvalue weighted by molar-refractivity contribution is -0.165. The summed E-state index contributed by atoms with van der Waals surface area (Å²) >= 11 is 0. The van der Waals surface area contributed by atoms with Gasteiger partial charge < -0.3 is 10.1 Å². The highest BCUT2D eigenvalue weighted by molar-refractivity contribution is 6.06. The molecule has 0 radical (unpaired) electrons. The number of para-hydroxylation sites is 1. The smallest absolute Gasteiger partial charge is 0.325 e. The van der Waals surface area contributed by atoms with Crippen molar-refractivity contribution in [2.45, 2.75) is 25.4 Å². The quantitative estimate of drug-likeness (QED) is 0.332. The summed E-state index contributed by atoms with van der Waals surface area (Å²) in [6.07, 6.45) is 0.211. The normalized spacial score (nSPS) is 17.6. The molecule has 0 spiro atoms. The maximum atomic E-state index is 12.2. The standard InChI is InChI=1S/C15H19N3O5/c1-15(2)13(20)17(14(21)16-15)8-11(18(22)10-19)9-23-12-6-4-3-5-7-12/h3-7,10-11,22H,8-9H2,1-2H3,(H,16,21)/t11-/m0/s1. The minimum atomic E-state index is -1.01. The van der Waals surface area contributed by atoms with Crippen molar-refractivity contribution in [1.29, 1.82) is 0 Å². The van der Waals surface area contributed by atoms with E-state index in [0.717, 1.165) is 4.90 Å². The summed E-state index contributed by atoms with van der Waals surface area (Å²) in [6, 6.07) is 7.37. The number of rotatable bonds is 7. The second-order valence-electron chi connectivity index (χ2n) is 5.73. The number of amides is 4. The average molecular weight is 321 g/mol. The zero-order chi connectivity index (χ0) is 17.0. The van der Waals surface area contributed by atoms with Crippen molar-refractivity contribution in [3.8, 4) is 5.75 Å². The zero-order valence-corrected chi connectivity index (χ0v) is 12.9. The Morgan fingerprint density at radius 3 is 2.52 bits per heavy atom. The fourth-order valence-electron chi connectivity index (χ4n) is 2.20. The Hall–Kier alpha value is -2.61. The van der Waals surface area contributed by atoms with Crippen molar-refractivity contribution in [2.24, 2.45) is 0 Å². The van der Waals surface area contributed by atoms with Crippen LogP contribution in [0.15, 0.2) is 30.3 Å². The molecule has 0 saturated carbocycles. The van der Waals surface area contributed by atoms with E-state index in [0.29, 0.717) is 10.8 Å². The summed E-state index contributed by atoms with van der Waals surface area (Å²) < 4.78 is 5.49. The van der Waals surface area contributed by atoms with Crippen molar-refractivity contribution in [2.75, 3.05) is 13.2 Å². The van der Waals surface area contributed by atoms with Crippen LogP contribution < -0.4 is 10.1 Å². The monoisotopic (exact) mass is 321 g/mol. The lowest BCUT2D eigenvalue weighted by Gasteiger charge is -2.26. The largest absolute Gasteiger partial charge is 0.491 e. The SMILES string of the molecule is CC1(C)NC(=O)N(C[C@@H](COc2ccccc2)N(O)C=O)C1=O. The molecule has 1 saturated heterocycles. The molecule has 1 heterocycles. The van der Waals surface area contributed by atoms with Crippen LogP contribution in [0.4, 0.5) is 4.79 Å². The van der Waals surface area contributed by atoms with Gasteiger partial charge in [-0.05, 0) is 26.0 Å². The summed E-state index contributed by atoms with van der Waals surface area (Å²) in [5.74, 6) is 0.126. The van der Waals surface area contributed by atoms with Crippen molar-refractivity contribution in [1.82, 2.24) is 15.3 Å². The molecule has 0 aliphatic carbocycles. The number of benzene rings is 1. The summed E-state index contributed by atoms with van der Waals surface area (Å²) in [4.78, 5) is 35.9. The van der Waals surface area contributed by atoms with Gasteiger partial charge >= 0.3 is 6.03 Å². The molecular weight excluding hydrogens is 302 g/mol. The first kappa shape index (κ1) is 16.8. The first-order valence-electron chi connectivity index (χ1n) is 7.09. The van der Waals surface area contributed by atoms with E-state index in [9.17, 15) is 19.6 Å². The maximum Gasteiger partial charge on any atom is 0.325 e. The summed E-state index contributed by atoms with van der Waals surface area (Å²) in [5.41, 5.74) is -1.01. The number of carbonyl (C=O) groups is 3. The number of hydroxylamine groups is 2. The zero-order valence-electron chi connectivity index (χ0n) is 12.9. The number of nitrogens with one attached hydrogen (secondary N) is 1. The lowest BCUT2D eigenvalue weighted by atomic mass is 10.1. The average Bonchev–Trinajstić information content (AvgIpc) is 2.72. The highest BCUT2D eigenvalue weighted by atomic mass is 16.5. The molecule has 1 aromatic rings. The van der Waals surface area contributed by atoms with Crippen LogP contribution in [0.25, 0.3) is 0 Å². The van der Waals surface area contributed by atoms with Crippen LogP contribution in [-0.4, -0.2) is 58.3 Å². The van der Waals surface area contributed by atoms with Gasteiger partial charge in [-0.25, -0.2) is 9.86 Å². The first-order chi connectivity index (χ1) is 10.8. The summed E-state index contributed by atoms with van der Waals surface area (Å²) in [5, 5.41) is 12.6. The maximum absolute atomic E-state index is 12.2. The molecule has 1 aliphatic rings. The van der Waals surface area contributed by atoms with Crippen molar-refractivity contribution < 1.29 is 24.3 Å². The molecule has 0 bridgehead atoms. The van der Waals surface area contributed by atoms with Crippen LogP contribution in [0, 0.1) is 0 Å². The molecule has 1 fully saturated rings. The predicted octanol–water partition coefficient (Wildman–Crippen LogP) is 0.612. The van der Waals surface area contributed by atoms with E-state index in [1.165, 1.54) is 0 Å². The van der Waals surface area contributed by atoms with Gasteiger partial charge in [-0.2, -0.15) is 0 Å². The van der Waals surface area contributed by atoms with Gasteiger partial charge in [0.05, 0.1) is 6.54 Å². The fourth-order valence-corrected chi connectivity index (χ4v) is 2.20. The van der Waals surface area contributed by atoms with E-state index in [-0.39, 0.29) is 19.6 Å². The first-order valence-corrected chi connectivity index (χ1v) is 7.09. The van der Waals surface area contributed by atoms with Crippen molar-refractivity contribution in [3.63, 3.8) is 0 Å². The third-order valence-electron chi connectivity index (χ3n) is 3.51. The molecule has 1 atom stereocenters. The molecule has 0 aromatic heterocycles. The van der Waals surface area contributed by atoms with E-state index < -0.39 is 23.5 Å². The predicted molar refractivity (Wildman–Crippen MR) is 79.7 cm³/mol. The van der Waals surface area contributed by atoms with Crippen LogP contribution in [-0.2, 0) is 9.59 Å². The van der Waals surface area contributed by atoms with Crippen LogP contribution in [0.1, 0.15) is 13.8 Å². The highest BCUT2D eigenvalue weighted by Crippen LogP contribution is 2.18. The summed E-state index contributed by atoms with van der Waals surface area (Å²) in [6.45, 7) is 2.92. The minimum absolute atomic E-state index is 0.0727. The van der Waals surface area contributed by atoms with Crippen LogP contribution >= 0.6 is 0 Å².